The number of phenols is 2. The van der Waals surface area contributed by atoms with E-state index >= 15 is 0 Å². The van der Waals surface area contributed by atoms with Crippen LogP contribution in [-0.4, -0.2) is 33.1 Å². The molecular weight excluding hydrogens is 252 g/mol. The maximum absolute atomic E-state index is 11.2. The van der Waals surface area contributed by atoms with Gasteiger partial charge in [-0.25, -0.2) is 4.79 Å². The van der Waals surface area contributed by atoms with E-state index in [0.29, 0.717) is 6.07 Å². The first-order valence-electron chi connectivity index (χ1n) is 4.27. The van der Waals surface area contributed by atoms with E-state index in [2.05, 4.69) is 4.74 Å². The van der Waals surface area contributed by atoms with Crippen molar-refractivity contribution in [3.8, 4) is 11.5 Å². The normalized spacial score (nSPS) is 9.83. The van der Waals surface area contributed by atoms with Crippen molar-refractivity contribution in [1.82, 2.24) is 0 Å². The highest BCUT2D eigenvalue weighted by atomic mass is 16.6. The van der Waals surface area contributed by atoms with E-state index < -0.39 is 44.3 Å². The number of ether oxygens (including phenoxy) is 1. The predicted octanol–water partition coefficient (Wildman–Crippen LogP) is 0.701. The fourth-order valence-corrected chi connectivity index (χ4v) is 1.21. The monoisotopic (exact) mass is 258 g/mol. The van der Waals surface area contributed by atoms with Gasteiger partial charge in [-0.1, -0.05) is 0 Å². The van der Waals surface area contributed by atoms with Crippen LogP contribution in [0.5, 0.6) is 11.5 Å². The van der Waals surface area contributed by atoms with Crippen LogP contribution >= 0.6 is 0 Å². The second-order valence-electron chi connectivity index (χ2n) is 2.99. The van der Waals surface area contributed by atoms with Gasteiger partial charge in [0, 0.05) is 6.07 Å². The summed E-state index contributed by atoms with van der Waals surface area (Å²) in [6.45, 7) is 0. The van der Waals surface area contributed by atoms with Gasteiger partial charge in [-0.3, -0.25) is 20.2 Å². The SMILES string of the molecule is COC(=O)c1cc([N+](=O)[O-])c(O)c([N+](=O)[O-])c1O. The Bertz CT molecular complexity index is 553. The average Bonchev–Trinajstić information content (AvgIpc) is 2.27. The molecule has 0 radical (unpaired) electrons. The Morgan fingerprint density at radius 1 is 1.22 bits per heavy atom. The van der Waals surface area contributed by atoms with Crippen molar-refractivity contribution in [2.24, 2.45) is 0 Å². The summed E-state index contributed by atoms with van der Waals surface area (Å²) in [5.41, 5.74) is -3.20. The first kappa shape index (κ1) is 13.2. The molecule has 0 aliphatic rings. The number of benzene rings is 1. The molecule has 0 saturated heterocycles. The molecule has 0 aliphatic carbocycles. The first-order chi connectivity index (χ1) is 8.31. The van der Waals surface area contributed by atoms with Crippen molar-refractivity contribution in [1.29, 1.82) is 0 Å². The van der Waals surface area contributed by atoms with E-state index in [1.807, 2.05) is 0 Å². The van der Waals surface area contributed by atoms with Crippen molar-refractivity contribution in [2.75, 3.05) is 7.11 Å². The molecule has 18 heavy (non-hydrogen) atoms. The minimum atomic E-state index is -1.34. The molecule has 0 heterocycles. The summed E-state index contributed by atoms with van der Waals surface area (Å²) in [6.07, 6.45) is 0. The fourth-order valence-electron chi connectivity index (χ4n) is 1.21. The molecule has 0 aromatic heterocycles. The molecule has 96 valence electrons. The van der Waals surface area contributed by atoms with Crippen LogP contribution in [0, 0.1) is 20.2 Å². The Labute approximate surface area is 98.3 Å². The van der Waals surface area contributed by atoms with Gasteiger partial charge in [-0.2, -0.15) is 0 Å². The molecule has 1 aromatic carbocycles. The van der Waals surface area contributed by atoms with Crippen LogP contribution in [-0.2, 0) is 4.74 Å². The van der Waals surface area contributed by atoms with E-state index in [9.17, 15) is 35.2 Å². The lowest BCUT2D eigenvalue weighted by atomic mass is 10.1. The molecule has 0 spiro atoms. The van der Waals surface area contributed by atoms with Gasteiger partial charge in [-0.05, 0) is 0 Å². The molecular formula is C8H6N2O8. The topological polar surface area (TPSA) is 153 Å². The van der Waals surface area contributed by atoms with Gasteiger partial charge in [0.2, 0.25) is 5.75 Å². The van der Waals surface area contributed by atoms with Crippen LogP contribution in [0.25, 0.3) is 0 Å². The quantitative estimate of drug-likeness (QED) is 0.456. The second-order valence-corrected chi connectivity index (χ2v) is 2.99. The molecule has 0 fully saturated rings. The standard InChI is InChI=1S/C8H6N2O8/c1-18-8(13)3-2-4(9(14)15)7(12)5(6(3)11)10(16)17/h2,11-12H,1H3. The van der Waals surface area contributed by atoms with Gasteiger partial charge < -0.3 is 14.9 Å². The van der Waals surface area contributed by atoms with Gasteiger partial charge in [0.15, 0.2) is 0 Å². The molecule has 0 atom stereocenters. The third kappa shape index (κ3) is 1.98. The highest BCUT2D eigenvalue weighted by Crippen LogP contribution is 2.44. The summed E-state index contributed by atoms with van der Waals surface area (Å²) in [5, 5.41) is 39.9. The van der Waals surface area contributed by atoms with Crippen LogP contribution in [0.15, 0.2) is 6.07 Å². The molecule has 0 aliphatic heterocycles. The van der Waals surface area contributed by atoms with Crippen molar-refractivity contribution >= 4 is 17.3 Å². The molecule has 0 saturated carbocycles. The molecule has 2 N–H and O–H groups in total. The van der Waals surface area contributed by atoms with E-state index in [1.54, 1.807) is 0 Å². The number of hydrogen-bond donors (Lipinski definition) is 2. The number of phenolic OH excluding ortho intramolecular Hbond substituents is 2. The van der Waals surface area contributed by atoms with E-state index in [1.165, 1.54) is 0 Å². The lowest BCUT2D eigenvalue weighted by Crippen LogP contribution is -2.05. The average molecular weight is 258 g/mol. The highest BCUT2D eigenvalue weighted by Gasteiger charge is 2.34. The van der Waals surface area contributed by atoms with E-state index in [-0.39, 0.29) is 0 Å². The Kier molecular flexibility index (Phi) is 3.31. The summed E-state index contributed by atoms with van der Waals surface area (Å²) in [6, 6.07) is 0.490. The number of hydrogen-bond acceptors (Lipinski definition) is 8. The van der Waals surface area contributed by atoms with Gasteiger partial charge >= 0.3 is 17.3 Å². The Hall–Kier alpha value is -2.91. The summed E-state index contributed by atoms with van der Waals surface area (Å²) in [4.78, 5) is 30.0. The predicted molar refractivity (Wildman–Crippen MR) is 54.4 cm³/mol. The molecule has 1 aromatic rings. The van der Waals surface area contributed by atoms with E-state index in [4.69, 9.17) is 0 Å². The number of carbonyl (C=O) groups excluding carboxylic acids is 1. The maximum atomic E-state index is 11.2. The Morgan fingerprint density at radius 2 is 1.78 bits per heavy atom. The van der Waals surface area contributed by atoms with Crippen LogP contribution in [0.2, 0.25) is 0 Å². The number of methoxy groups -OCH3 is 1. The number of rotatable bonds is 3. The van der Waals surface area contributed by atoms with Crippen molar-refractivity contribution in [2.45, 2.75) is 0 Å². The molecule has 10 nitrogen and oxygen atoms in total. The lowest BCUT2D eigenvalue weighted by molar-refractivity contribution is -0.396. The highest BCUT2D eigenvalue weighted by molar-refractivity contribution is 5.96. The number of aromatic hydroxyl groups is 2. The molecule has 10 heteroatoms. The minimum absolute atomic E-state index is 0.490. The summed E-state index contributed by atoms with van der Waals surface area (Å²) in [5.74, 6) is -3.75. The summed E-state index contributed by atoms with van der Waals surface area (Å²) < 4.78 is 4.20. The summed E-state index contributed by atoms with van der Waals surface area (Å²) in [7, 11) is 0.923. The minimum Gasteiger partial charge on any atom is -0.501 e. The van der Waals surface area contributed by atoms with Crippen LogP contribution < -0.4 is 0 Å². The van der Waals surface area contributed by atoms with Crippen molar-refractivity contribution in [3.05, 3.63) is 31.9 Å². The van der Waals surface area contributed by atoms with Gasteiger partial charge in [0.05, 0.1) is 17.0 Å². The third-order valence-electron chi connectivity index (χ3n) is 2.01. The number of carbonyl (C=O) groups is 1. The Morgan fingerprint density at radius 3 is 2.17 bits per heavy atom. The van der Waals surface area contributed by atoms with Gasteiger partial charge in [0.25, 0.3) is 5.75 Å². The van der Waals surface area contributed by atoms with Crippen LogP contribution in [0.4, 0.5) is 11.4 Å². The number of nitro benzene ring substituents is 2. The zero-order valence-electron chi connectivity index (χ0n) is 8.82. The molecule has 0 amide bonds. The third-order valence-corrected chi connectivity index (χ3v) is 2.01. The Balaban J connectivity index is 3.71. The lowest BCUT2D eigenvalue weighted by Gasteiger charge is -2.05. The number of nitro groups is 2. The molecule has 0 unspecified atom stereocenters. The van der Waals surface area contributed by atoms with E-state index in [0.717, 1.165) is 7.11 Å². The zero-order valence-corrected chi connectivity index (χ0v) is 8.82. The van der Waals surface area contributed by atoms with Crippen LogP contribution in [0.3, 0.4) is 0 Å². The fraction of sp³-hybridized carbons (Fsp3) is 0.125. The maximum Gasteiger partial charge on any atom is 0.360 e. The summed E-state index contributed by atoms with van der Waals surface area (Å²) >= 11 is 0. The number of esters is 1. The molecule has 0 bridgehead atoms. The van der Waals surface area contributed by atoms with Gasteiger partial charge in [-0.15, -0.1) is 0 Å². The largest absolute Gasteiger partial charge is 0.501 e. The van der Waals surface area contributed by atoms with Crippen LogP contribution in [0.1, 0.15) is 10.4 Å². The van der Waals surface area contributed by atoms with Crippen molar-refractivity contribution in [3.63, 3.8) is 0 Å². The molecule has 1 rings (SSSR count). The van der Waals surface area contributed by atoms with Gasteiger partial charge in [0.1, 0.15) is 5.56 Å². The second kappa shape index (κ2) is 4.53. The first-order valence-corrected chi connectivity index (χ1v) is 4.27. The number of nitrogens with zero attached hydrogens (tertiary/aromatic N) is 2. The van der Waals surface area contributed by atoms with Crippen molar-refractivity contribution < 1.29 is 29.6 Å². The smallest absolute Gasteiger partial charge is 0.360 e. The zero-order chi connectivity index (χ0) is 14.0.